The molecule has 2 aromatic heterocycles. The fourth-order valence-corrected chi connectivity index (χ4v) is 2.37. The number of aromatic nitrogens is 3. The van der Waals surface area contributed by atoms with Crippen LogP contribution < -0.4 is 5.32 Å². The smallest absolute Gasteiger partial charge is 0.244 e. The first-order chi connectivity index (χ1) is 10.1. The molecule has 0 fully saturated rings. The summed E-state index contributed by atoms with van der Waals surface area (Å²) in [5.74, 6) is 0.625. The van der Waals surface area contributed by atoms with Crippen LogP contribution >= 0.6 is 11.6 Å². The van der Waals surface area contributed by atoms with E-state index in [-0.39, 0.29) is 17.6 Å². The number of imidazole rings is 1. The molecule has 0 unspecified atom stereocenters. The summed E-state index contributed by atoms with van der Waals surface area (Å²) < 4.78 is 1.87. The van der Waals surface area contributed by atoms with E-state index in [1.165, 1.54) is 0 Å². The monoisotopic (exact) mass is 300 g/mol. The minimum Gasteiger partial charge on any atom is -0.322 e. The lowest BCUT2D eigenvalue weighted by Crippen LogP contribution is -2.19. The third-order valence-corrected chi connectivity index (χ3v) is 3.48. The van der Waals surface area contributed by atoms with Gasteiger partial charge in [-0.1, -0.05) is 23.7 Å². The van der Waals surface area contributed by atoms with Crippen molar-refractivity contribution in [3.63, 3.8) is 0 Å². The van der Waals surface area contributed by atoms with E-state index in [4.69, 9.17) is 11.6 Å². The van der Waals surface area contributed by atoms with Gasteiger partial charge in [-0.3, -0.25) is 4.79 Å². The Morgan fingerprint density at radius 1 is 1.29 bits per heavy atom. The molecule has 0 bridgehead atoms. The number of nitrogens with zero attached hydrogens (tertiary/aromatic N) is 3. The molecule has 5 nitrogen and oxygen atoms in total. The van der Waals surface area contributed by atoms with Crippen LogP contribution in [0.2, 0.25) is 5.15 Å². The molecule has 0 aliphatic rings. The maximum absolute atomic E-state index is 12.2. The molecule has 3 aromatic rings. The van der Waals surface area contributed by atoms with E-state index in [1.54, 1.807) is 18.3 Å². The molecule has 0 aliphatic carbocycles. The molecule has 0 radical (unpaired) electrons. The number of carbonyl (C=O) groups is 1. The molecule has 21 heavy (non-hydrogen) atoms. The van der Waals surface area contributed by atoms with Crippen LogP contribution in [0.25, 0.3) is 11.0 Å². The number of para-hydroxylation sites is 2. The number of nitrogens with one attached hydrogen (secondary N) is 1. The summed E-state index contributed by atoms with van der Waals surface area (Å²) in [6.07, 6.45) is 1.57. The van der Waals surface area contributed by atoms with Gasteiger partial charge in [0.1, 0.15) is 12.4 Å². The van der Waals surface area contributed by atoms with Crippen LogP contribution in [-0.4, -0.2) is 20.4 Å². The van der Waals surface area contributed by atoms with Crippen LogP contribution in [0.3, 0.4) is 0 Å². The molecule has 1 aromatic carbocycles. The van der Waals surface area contributed by atoms with Crippen molar-refractivity contribution in [1.82, 2.24) is 14.5 Å². The zero-order valence-electron chi connectivity index (χ0n) is 11.4. The highest BCUT2D eigenvalue weighted by Gasteiger charge is 2.12. The van der Waals surface area contributed by atoms with Gasteiger partial charge in [0.2, 0.25) is 5.91 Å². The number of hydrogen-bond donors (Lipinski definition) is 1. The van der Waals surface area contributed by atoms with Gasteiger partial charge in [-0.2, -0.15) is 0 Å². The highest BCUT2D eigenvalue weighted by atomic mass is 35.5. The predicted molar refractivity (Wildman–Crippen MR) is 82.3 cm³/mol. The highest BCUT2D eigenvalue weighted by Crippen LogP contribution is 2.19. The van der Waals surface area contributed by atoms with E-state index in [0.29, 0.717) is 5.69 Å². The molecular weight excluding hydrogens is 288 g/mol. The van der Waals surface area contributed by atoms with Gasteiger partial charge < -0.3 is 9.88 Å². The average molecular weight is 301 g/mol. The van der Waals surface area contributed by atoms with Gasteiger partial charge in [0.25, 0.3) is 0 Å². The Kier molecular flexibility index (Phi) is 3.58. The van der Waals surface area contributed by atoms with Crippen LogP contribution in [0.1, 0.15) is 5.82 Å². The minimum atomic E-state index is -0.170. The predicted octanol–water partition coefficient (Wildman–Crippen LogP) is 3.03. The molecule has 1 N–H and O–H groups in total. The summed E-state index contributed by atoms with van der Waals surface area (Å²) >= 11 is 5.93. The summed E-state index contributed by atoms with van der Waals surface area (Å²) in [4.78, 5) is 20.5. The van der Waals surface area contributed by atoms with Gasteiger partial charge in [0.15, 0.2) is 5.15 Å². The molecule has 0 saturated carbocycles. The molecule has 0 aliphatic heterocycles. The fraction of sp³-hybridized carbons (Fsp3) is 0.133. The van der Waals surface area contributed by atoms with Crippen molar-refractivity contribution >= 4 is 34.2 Å². The summed E-state index contributed by atoms with van der Waals surface area (Å²) in [7, 11) is 0. The van der Waals surface area contributed by atoms with Crippen LogP contribution in [0.15, 0.2) is 42.6 Å². The van der Waals surface area contributed by atoms with Crippen molar-refractivity contribution in [1.29, 1.82) is 0 Å². The van der Waals surface area contributed by atoms with E-state index >= 15 is 0 Å². The number of benzene rings is 1. The first-order valence-corrected chi connectivity index (χ1v) is 6.85. The number of hydrogen-bond acceptors (Lipinski definition) is 3. The third-order valence-electron chi connectivity index (χ3n) is 3.18. The number of fused-ring (bicyclic) bond motifs is 1. The van der Waals surface area contributed by atoms with E-state index in [1.807, 2.05) is 35.8 Å². The second-order valence-electron chi connectivity index (χ2n) is 4.62. The lowest BCUT2D eigenvalue weighted by Gasteiger charge is -2.09. The first kappa shape index (κ1) is 13.6. The molecular formula is C15H13ClN4O. The Hall–Kier alpha value is -2.40. The zero-order valence-corrected chi connectivity index (χ0v) is 12.1. The zero-order chi connectivity index (χ0) is 14.8. The van der Waals surface area contributed by atoms with E-state index in [9.17, 15) is 4.79 Å². The first-order valence-electron chi connectivity index (χ1n) is 6.47. The van der Waals surface area contributed by atoms with Crippen molar-refractivity contribution in [3.05, 3.63) is 53.6 Å². The average Bonchev–Trinajstić information content (AvgIpc) is 2.78. The van der Waals surface area contributed by atoms with E-state index in [0.717, 1.165) is 16.9 Å². The number of amides is 1. The molecule has 1 amide bonds. The molecule has 3 rings (SSSR count). The summed E-state index contributed by atoms with van der Waals surface area (Å²) in [5, 5.41) is 3.03. The second-order valence-corrected chi connectivity index (χ2v) is 4.98. The van der Waals surface area contributed by atoms with Gasteiger partial charge in [0.05, 0.1) is 16.7 Å². The number of halogens is 1. The Balaban J connectivity index is 1.84. The van der Waals surface area contributed by atoms with Crippen molar-refractivity contribution < 1.29 is 4.79 Å². The molecule has 0 saturated heterocycles. The molecule has 2 heterocycles. The quantitative estimate of drug-likeness (QED) is 0.756. The summed E-state index contributed by atoms with van der Waals surface area (Å²) in [5.41, 5.74) is 2.32. The molecule has 106 valence electrons. The number of pyridine rings is 1. The van der Waals surface area contributed by atoms with E-state index in [2.05, 4.69) is 15.3 Å². The number of aryl methyl sites for hydroxylation is 1. The van der Waals surface area contributed by atoms with Crippen LogP contribution in [0, 0.1) is 6.92 Å². The van der Waals surface area contributed by atoms with Crippen molar-refractivity contribution in [2.75, 3.05) is 5.32 Å². The van der Waals surface area contributed by atoms with Gasteiger partial charge in [-0.15, -0.1) is 0 Å². The van der Waals surface area contributed by atoms with Gasteiger partial charge in [-0.25, -0.2) is 9.97 Å². The third kappa shape index (κ3) is 2.73. The fourth-order valence-electron chi connectivity index (χ4n) is 2.21. The Labute approximate surface area is 126 Å². The molecule has 0 atom stereocenters. The Morgan fingerprint density at radius 2 is 2.10 bits per heavy atom. The Bertz CT molecular complexity index is 812. The van der Waals surface area contributed by atoms with Gasteiger partial charge in [0, 0.05) is 6.20 Å². The standard InChI is InChI=1S/C15H13ClN4O/c1-10-18-11-5-2-3-7-13(11)20(10)9-14(21)19-12-6-4-8-17-15(12)16/h2-8H,9H2,1H3,(H,19,21). The van der Waals surface area contributed by atoms with Gasteiger partial charge in [-0.05, 0) is 31.2 Å². The highest BCUT2D eigenvalue weighted by molar-refractivity contribution is 6.32. The lowest BCUT2D eigenvalue weighted by molar-refractivity contribution is -0.116. The van der Waals surface area contributed by atoms with Crippen molar-refractivity contribution in [2.24, 2.45) is 0 Å². The maximum atomic E-state index is 12.2. The number of rotatable bonds is 3. The summed E-state index contributed by atoms with van der Waals surface area (Å²) in [6, 6.07) is 11.2. The SMILES string of the molecule is Cc1nc2ccccc2n1CC(=O)Nc1cccnc1Cl. The largest absolute Gasteiger partial charge is 0.322 e. The van der Waals surface area contributed by atoms with Gasteiger partial charge >= 0.3 is 0 Å². The Morgan fingerprint density at radius 3 is 2.90 bits per heavy atom. The maximum Gasteiger partial charge on any atom is 0.244 e. The normalized spacial score (nSPS) is 10.8. The number of carbonyl (C=O) groups excluding carboxylic acids is 1. The van der Waals surface area contributed by atoms with E-state index < -0.39 is 0 Å². The van der Waals surface area contributed by atoms with Crippen molar-refractivity contribution in [3.8, 4) is 0 Å². The molecule has 6 heteroatoms. The number of anilines is 1. The summed E-state index contributed by atoms with van der Waals surface area (Å²) in [6.45, 7) is 2.06. The minimum absolute atomic E-state index is 0.170. The lowest BCUT2D eigenvalue weighted by atomic mass is 10.3. The van der Waals surface area contributed by atoms with Crippen molar-refractivity contribution in [2.45, 2.75) is 13.5 Å². The van der Waals surface area contributed by atoms with Crippen LogP contribution in [-0.2, 0) is 11.3 Å². The topological polar surface area (TPSA) is 59.8 Å². The van der Waals surface area contributed by atoms with Crippen LogP contribution in [0.4, 0.5) is 5.69 Å². The van der Waals surface area contributed by atoms with Crippen LogP contribution in [0.5, 0.6) is 0 Å². The molecule has 0 spiro atoms. The second kappa shape index (κ2) is 5.54.